The molecule has 13 heavy (non-hydrogen) atoms. The number of hydrogen-bond donors (Lipinski definition) is 2. The van der Waals surface area contributed by atoms with Crippen molar-refractivity contribution < 1.29 is 0 Å². The Morgan fingerprint density at radius 2 is 1.92 bits per heavy atom. The molecule has 0 amide bonds. The second-order valence-electron chi connectivity index (χ2n) is 4.69. The summed E-state index contributed by atoms with van der Waals surface area (Å²) in [5.74, 6) is 1.58. The first-order chi connectivity index (χ1) is 6.24. The molecular weight excluding hydrogens is 160 g/mol. The fourth-order valence-electron chi connectivity index (χ4n) is 2.19. The van der Waals surface area contributed by atoms with Crippen LogP contribution in [-0.2, 0) is 0 Å². The Hall–Kier alpha value is -0.0800. The summed E-state index contributed by atoms with van der Waals surface area (Å²) in [5.41, 5.74) is 5.78. The molecule has 1 saturated carbocycles. The van der Waals surface area contributed by atoms with E-state index >= 15 is 0 Å². The first kappa shape index (κ1) is 11.0. The van der Waals surface area contributed by atoms with Crippen molar-refractivity contribution in [2.45, 2.75) is 45.6 Å². The summed E-state index contributed by atoms with van der Waals surface area (Å²) < 4.78 is 0. The minimum atomic E-state index is 0.574. The van der Waals surface area contributed by atoms with Crippen molar-refractivity contribution in [2.24, 2.45) is 17.6 Å². The van der Waals surface area contributed by atoms with Crippen LogP contribution in [0.25, 0.3) is 0 Å². The third kappa shape index (κ3) is 3.65. The minimum absolute atomic E-state index is 0.574. The maximum atomic E-state index is 5.78. The Balaban J connectivity index is 2.24. The summed E-state index contributed by atoms with van der Waals surface area (Å²) >= 11 is 0. The smallest absolute Gasteiger partial charge is 0.0218 e. The third-order valence-electron chi connectivity index (χ3n) is 3.01. The lowest BCUT2D eigenvalue weighted by Gasteiger charge is -2.24. The van der Waals surface area contributed by atoms with E-state index in [4.69, 9.17) is 5.73 Å². The van der Waals surface area contributed by atoms with Gasteiger partial charge in [0.15, 0.2) is 0 Å². The summed E-state index contributed by atoms with van der Waals surface area (Å²) in [5, 5.41) is 3.59. The molecule has 1 fully saturated rings. The number of hydrogen-bond acceptors (Lipinski definition) is 2. The molecule has 0 aromatic rings. The minimum Gasteiger partial charge on any atom is -0.329 e. The van der Waals surface area contributed by atoms with Crippen molar-refractivity contribution in [3.63, 3.8) is 0 Å². The summed E-state index contributed by atoms with van der Waals surface area (Å²) in [4.78, 5) is 0. The Bertz CT molecular complexity index is 128. The molecule has 3 N–H and O–H groups in total. The highest BCUT2D eigenvalue weighted by molar-refractivity contribution is 4.81. The van der Waals surface area contributed by atoms with Crippen LogP contribution in [0.5, 0.6) is 0 Å². The molecule has 1 rings (SSSR count). The molecule has 0 aromatic heterocycles. The van der Waals surface area contributed by atoms with E-state index in [-0.39, 0.29) is 0 Å². The van der Waals surface area contributed by atoms with E-state index in [1.54, 1.807) is 0 Å². The second-order valence-corrected chi connectivity index (χ2v) is 4.69. The molecule has 1 atom stereocenters. The van der Waals surface area contributed by atoms with Crippen LogP contribution in [0.3, 0.4) is 0 Å². The highest BCUT2D eigenvalue weighted by Gasteiger charge is 2.23. The topological polar surface area (TPSA) is 38.0 Å². The third-order valence-corrected chi connectivity index (χ3v) is 3.01. The van der Waals surface area contributed by atoms with Crippen molar-refractivity contribution in [3.05, 3.63) is 0 Å². The van der Waals surface area contributed by atoms with E-state index in [0.717, 1.165) is 24.9 Å². The average Bonchev–Trinajstić information content (AvgIpc) is 2.58. The predicted molar refractivity (Wildman–Crippen MR) is 57.6 cm³/mol. The lowest BCUT2D eigenvalue weighted by Crippen LogP contribution is -2.42. The largest absolute Gasteiger partial charge is 0.329 e. The van der Waals surface area contributed by atoms with Crippen molar-refractivity contribution in [2.75, 3.05) is 13.1 Å². The molecule has 1 aliphatic carbocycles. The SMILES string of the molecule is CC(C)CNC(CN)C1CCCC1. The van der Waals surface area contributed by atoms with Crippen LogP contribution in [0.2, 0.25) is 0 Å². The molecular formula is C11H24N2. The van der Waals surface area contributed by atoms with Crippen molar-refractivity contribution in [3.8, 4) is 0 Å². The van der Waals surface area contributed by atoms with E-state index in [0.29, 0.717) is 6.04 Å². The lowest BCUT2D eigenvalue weighted by atomic mass is 9.98. The van der Waals surface area contributed by atoms with Crippen LogP contribution in [0.1, 0.15) is 39.5 Å². The predicted octanol–water partition coefficient (Wildman–Crippen LogP) is 1.75. The van der Waals surface area contributed by atoms with Crippen molar-refractivity contribution in [1.82, 2.24) is 5.32 Å². The monoisotopic (exact) mass is 184 g/mol. The number of rotatable bonds is 5. The van der Waals surface area contributed by atoms with Gasteiger partial charge in [-0.25, -0.2) is 0 Å². The number of nitrogens with one attached hydrogen (secondary N) is 1. The average molecular weight is 184 g/mol. The van der Waals surface area contributed by atoms with Gasteiger partial charge in [-0.1, -0.05) is 26.7 Å². The fourth-order valence-corrected chi connectivity index (χ4v) is 2.19. The summed E-state index contributed by atoms with van der Waals surface area (Å²) in [7, 11) is 0. The van der Waals surface area contributed by atoms with Crippen molar-refractivity contribution in [1.29, 1.82) is 0 Å². The Morgan fingerprint density at radius 1 is 1.31 bits per heavy atom. The van der Waals surface area contributed by atoms with Gasteiger partial charge in [0, 0.05) is 12.6 Å². The fraction of sp³-hybridized carbons (Fsp3) is 1.00. The Morgan fingerprint density at radius 3 is 2.38 bits per heavy atom. The van der Waals surface area contributed by atoms with Crippen LogP contribution in [-0.4, -0.2) is 19.1 Å². The van der Waals surface area contributed by atoms with Gasteiger partial charge in [0.1, 0.15) is 0 Å². The van der Waals surface area contributed by atoms with E-state index in [1.165, 1.54) is 25.7 Å². The maximum Gasteiger partial charge on any atom is 0.0218 e. The zero-order valence-electron chi connectivity index (χ0n) is 9.05. The summed E-state index contributed by atoms with van der Waals surface area (Å²) in [6.07, 6.45) is 5.58. The highest BCUT2D eigenvalue weighted by atomic mass is 14.9. The van der Waals surface area contributed by atoms with Gasteiger partial charge in [-0.2, -0.15) is 0 Å². The van der Waals surface area contributed by atoms with Gasteiger partial charge in [0.2, 0.25) is 0 Å². The van der Waals surface area contributed by atoms with Crippen LogP contribution in [0.4, 0.5) is 0 Å². The molecule has 1 aliphatic rings. The molecule has 0 spiro atoms. The van der Waals surface area contributed by atoms with Crippen LogP contribution >= 0.6 is 0 Å². The molecule has 0 aliphatic heterocycles. The quantitative estimate of drug-likeness (QED) is 0.683. The van der Waals surface area contributed by atoms with E-state index < -0.39 is 0 Å². The highest BCUT2D eigenvalue weighted by Crippen LogP contribution is 2.27. The molecule has 0 saturated heterocycles. The van der Waals surface area contributed by atoms with Crippen molar-refractivity contribution >= 4 is 0 Å². The van der Waals surface area contributed by atoms with Gasteiger partial charge >= 0.3 is 0 Å². The first-order valence-corrected chi connectivity index (χ1v) is 5.67. The lowest BCUT2D eigenvalue weighted by molar-refractivity contribution is 0.349. The van der Waals surface area contributed by atoms with E-state index in [9.17, 15) is 0 Å². The van der Waals surface area contributed by atoms with Gasteiger partial charge < -0.3 is 11.1 Å². The zero-order valence-corrected chi connectivity index (χ0v) is 9.05. The van der Waals surface area contributed by atoms with Crippen LogP contribution in [0, 0.1) is 11.8 Å². The first-order valence-electron chi connectivity index (χ1n) is 5.67. The molecule has 0 heterocycles. The zero-order chi connectivity index (χ0) is 9.68. The van der Waals surface area contributed by atoms with Gasteiger partial charge in [0.25, 0.3) is 0 Å². The van der Waals surface area contributed by atoms with Gasteiger partial charge in [-0.3, -0.25) is 0 Å². The molecule has 0 aromatic carbocycles. The van der Waals surface area contributed by atoms with Gasteiger partial charge in [-0.15, -0.1) is 0 Å². The molecule has 2 nitrogen and oxygen atoms in total. The van der Waals surface area contributed by atoms with E-state index in [1.807, 2.05) is 0 Å². The van der Waals surface area contributed by atoms with Gasteiger partial charge in [-0.05, 0) is 31.2 Å². The second kappa shape index (κ2) is 5.61. The molecule has 1 unspecified atom stereocenters. The van der Waals surface area contributed by atoms with Crippen LogP contribution < -0.4 is 11.1 Å². The molecule has 78 valence electrons. The normalized spacial score (nSPS) is 21.2. The summed E-state index contributed by atoms with van der Waals surface area (Å²) in [6.45, 7) is 6.40. The Kier molecular flexibility index (Phi) is 4.74. The van der Waals surface area contributed by atoms with Gasteiger partial charge in [0.05, 0.1) is 0 Å². The molecule has 0 radical (unpaired) electrons. The molecule has 0 bridgehead atoms. The number of nitrogens with two attached hydrogens (primary N) is 1. The Labute approximate surface area is 82.3 Å². The standard InChI is InChI=1S/C11H24N2/c1-9(2)8-13-11(7-12)10-5-3-4-6-10/h9-11,13H,3-8,12H2,1-2H3. The molecule has 2 heteroatoms. The van der Waals surface area contributed by atoms with Crippen LogP contribution in [0.15, 0.2) is 0 Å². The van der Waals surface area contributed by atoms with E-state index in [2.05, 4.69) is 19.2 Å². The maximum absolute atomic E-state index is 5.78. The summed E-state index contributed by atoms with van der Waals surface area (Å²) in [6, 6.07) is 0.574.